The average molecular weight is 347 g/mol. The van der Waals surface area contributed by atoms with E-state index in [1.54, 1.807) is 6.92 Å². The zero-order valence-corrected chi connectivity index (χ0v) is 15.9. The maximum Gasteiger partial charge on any atom is 0.133 e. The number of rotatable bonds is 1. The lowest BCUT2D eigenvalue weighted by molar-refractivity contribution is -0.144. The van der Waals surface area contributed by atoms with Crippen molar-refractivity contribution in [2.45, 2.75) is 63.1 Å². The van der Waals surface area contributed by atoms with Crippen LogP contribution in [0.5, 0.6) is 5.75 Å². The minimum Gasteiger partial charge on any atom is -0.488 e. The van der Waals surface area contributed by atoms with Gasteiger partial charge in [0.2, 0.25) is 0 Å². The smallest absolute Gasteiger partial charge is 0.133 e. The minimum absolute atomic E-state index is 0.0603. The van der Waals surface area contributed by atoms with Crippen LogP contribution in [0.4, 0.5) is 0 Å². The van der Waals surface area contributed by atoms with E-state index in [0.29, 0.717) is 11.8 Å². The Labute approximate surface area is 154 Å². The molecule has 3 spiro atoms. The lowest BCUT2D eigenvalue weighted by Gasteiger charge is -2.63. The number of piperidine rings is 1. The summed E-state index contributed by atoms with van der Waals surface area (Å²) in [5, 5.41) is 0. The monoisotopic (exact) mass is 347 g/mol. The highest BCUT2D eigenvalue weighted by atomic mass is 16.5. The summed E-state index contributed by atoms with van der Waals surface area (Å²) < 4.78 is 6.84. The van der Waals surface area contributed by atoms with Gasteiger partial charge in [0.05, 0.1) is 0 Å². The topological polar surface area (TPSA) is 29.3 Å². The number of fused-ring (bicyclic) bond motifs is 1. The first-order valence-electron chi connectivity index (χ1n) is 10.1. The number of ketones is 1. The van der Waals surface area contributed by atoms with Crippen molar-refractivity contribution < 1.29 is 9.53 Å². The second-order valence-electron chi connectivity index (χ2n) is 10.3. The van der Waals surface area contributed by atoms with Crippen molar-refractivity contribution in [1.82, 2.24) is 4.90 Å². The molecule has 26 heavy (non-hydrogen) atoms. The van der Waals surface area contributed by atoms with E-state index >= 15 is 0 Å². The number of ether oxygens (including phenoxy) is 1. The molecule has 7 aliphatic rings. The van der Waals surface area contributed by atoms with Crippen LogP contribution in [0.1, 0.15) is 43.4 Å². The second kappa shape index (κ2) is 3.56. The van der Waals surface area contributed by atoms with Gasteiger partial charge in [-0.3, -0.25) is 9.69 Å². The van der Waals surface area contributed by atoms with Crippen LogP contribution in [0, 0.1) is 23.7 Å². The highest BCUT2D eigenvalue weighted by Crippen LogP contribution is 2.84. The van der Waals surface area contributed by atoms with Gasteiger partial charge in [-0.15, -0.1) is 0 Å². The standard InChI is InChI=1S/C23H25NO2/c1-12-5-6-14-9-22-11-23-16(14)17(12)26-19(23)20(3)7-8-21(23,18(22)24(22)4)10-15(20)13(2)25/h5-8,15,18-19H,9-11H2,1-4H3/t15?,18-,19?,20?,21?,22+,23-,24?/m0/s1. The maximum atomic E-state index is 12.7. The Balaban J connectivity index is 1.62. The molecule has 3 fully saturated rings. The summed E-state index contributed by atoms with van der Waals surface area (Å²) in [4.78, 5) is 15.3. The average Bonchev–Trinajstić information content (AvgIpc) is 2.92. The summed E-state index contributed by atoms with van der Waals surface area (Å²) in [7, 11) is 2.30. The van der Waals surface area contributed by atoms with Gasteiger partial charge in [0.15, 0.2) is 0 Å². The summed E-state index contributed by atoms with van der Waals surface area (Å²) in [6.45, 7) is 6.26. The maximum absolute atomic E-state index is 12.7. The van der Waals surface area contributed by atoms with Gasteiger partial charge in [-0.25, -0.2) is 0 Å². The van der Waals surface area contributed by atoms with Gasteiger partial charge in [0.25, 0.3) is 0 Å². The van der Waals surface area contributed by atoms with Crippen molar-refractivity contribution >= 4 is 5.78 Å². The number of benzene rings is 1. The Bertz CT molecular complexity index is 981. The quantitative estimate of drug-likeness (QED) is 0.577. The molecule has 134 valence electrons. The molecule has 1 aromatic carbocycles. The van der Waals surface area contributed by atoms with Crippen molar-refractivity contribution in [2.24, 2.45) is 16.7 Å². The van der Waals surface area contributed by atoms with Crippen LogP contribution >= 0.6 is 0 Å². The highest BCUT2D eigenvalue weighted by molar-refractivity contribution is 5.82. The summed E-state index contributed by atoms with van der Waals surface area (Å²) >= 11 is 0. The molecule has 0 N–H and O–H groups in total. The first kappa shape index (κ1) is 14.4. The first-order valence-corrected chi connectivity index (χ1v) is 10.1. The molecule has 0 amide bonds. The molecular formula is C23H25NO2. The summed E-state index contributed by atoms with van der Waals surface area (Å²) in [5.41, 5.74) is 4.52. The third-order valence-corrected chi connectivity index (χ3v) is 9.59. The Kier molecular flexibility index (Phi) is 1.98. The predicted molar refractivity (Wildman–Crippen MR) is 98.3 cm³/mol. The number of carbonyl (C=O) groups excluding carboxylic acids is 1. The molecule has 8 rings (SSSR count). The van der Waals surface area contributed by atoms with Crippen molar-refractivity contribution in [2.75, 3.05) is 7.05 Å². The molecule has 2 heterocycles. The van der Waals surface area contributed by atoms with E-state index in [4.69, 9.17) is 4.74 Å². The summed E-state index contributed by atoms with van der Waals surface area (Å²) in [6, 6.07) is 5.16. The molecule has 8 atom stereocenters. The number of likely N-dealkylation sites (N-methyl/N-ethyl adjacent to an activating group) is 1. The molecule has 2 aliphatic heterocycles. The molecule has 3 heteroatoms. The number of Topliss-reactive ketones (excluding diaryl/α,β-unsaturated/α-hetero) is 1. The summed E-state index contributed by atoms with van der Waals surface area (Å²) in [5.74, 6) is 1.56. The fraction of sp³-hybridized carbons (Fsp3) is 0.609. The van der Waals surface area contributed by atoms with Crippen molar-refractivity contribution in [3.05, 3.63) is 41.0 Å². The fourth-order valence-electron chi connectivity index (χ4n) is 8.71. The van der Waals surface area contributed by atoms with Crippen LogP contribution in [-0.2, 0) is 16.6 Å². The first-order chi connectivity index (χ1) is 12.3. The number of nitrogens with zero attached hydrogens (tertiary/aromatic N) is 1. The molecule has 0 radical (unpaired) electrons. The third kappa shape index (κ3) is 1.04. The van der Waals surface area contributed by atoms with Gasteiger partial charge >= 0.3 is 0 Å². The van der Waals surface area contributed by atoms with Gasteiger partial charge < -0.3 is 4.74 Å². The lowest BCUT2D eigenvalue weighted by atomic mass is 9.40. The van der Waals surface area contributed by atoms with Crippen LogP contribution in [0.25, 0.3) is 0 Å². The molecule has 5 aliphatic carbocycles. The number of hydrogen-bond donors (Lipinski definition) is 0. The number of likely N-dealkylation sites (tertiary alicyclic amines) is 1. The van der Waals surface area contributed by atoms with Crippen molar-refractivity contribution in [3.8, 4) is 5.75 Å². The zero-order valence-electron chi connectivity index (χ0n) is 15.9. The molecule has 0 aromatic heterocycles. The molecule has 1 saturated heterocycles. The normalized spacial score (nSPS) is 55.4. The van der Waals surface area contributed by atoms with E-state index in [1.165, 1.54) is 23.1 Å². The lowest BCUT2D eigenvalue weighted by Crippen LogP contribution is -2.68. The molecule has 1 aromatic rings. The van der Waals surface area contributed by atoms with Crippen LogP contribution < -0.4 is 4.74 Å². The van der Waals surface area contributed by atoms with Crippen LogP contribution in [0.2, 0.25) is 0 Å². The SMILES string of the molecule is CC(=O)C1CC23C=CC1(C)C1Oc4c(C)ccc5c4[C@@]12C[C@]1(C5)[C@H]3N1C. The van der Waals surface area contributed by atoms with Crippen molar-refractivity contribution in [1.29, 1.82) is 0 Å². The van der Waals surface area contributed by atoms with Gasteiger partial charge in [0.1, 0.15) is 17.6 Å². The van der Waals surface area contributed by atoms with Crippen LogP contribution in [-0.4, -0.2) is 35.4 Å². The molecule has 4 bridgehead atoms. The Hall–Kier alpha value is -1.61. The fourth-order valence-corrected chi connectivity index (χ4v) is 8.71. The molecular weight excluding hydrogens is 322 g/mol. The minimum atomic E-state index is -0.190. The van der Waals surface area contributed by atoms with Gasteiger partial charge in [-0.2, -0.15) is 0 Å². The van der Waals surface area contributed by atoms with E-state index < -0.39 is 0 Å². The Morgan fingerprint density at radius 1 is 1.31 bits per heavy atom. The number of aryl methyl sites for hydroxylation is 1. The third-order valence-electron chi connectivity index (χ3n) is 9.59. The van der Waals surface area contributed by atoms with Gasteiger partial charge in [-0.05, 0) is 51.3 Å². The predicted octanol–water partition coefficient (Wildman–Crippen LogP) is 3.18. The zero-order chi connectivity index (χ0) is 17.9. The number of hydrogen-bond acceptors (Lipinski definition) is 3. The van der Waals surface area contributed by atoms with Crippen LogP contribution in [0.3, 0.4) is 0 Å². The van der Waals surface area contributed by atoms with E-state index in [9.17, 15) is 4.79 Å². The van der Waals surface area contributed by atoms with E-state index in [1.807, 2.05) is 0 Å². The number of carbonyl (C=O) groups is 1. The van der Waals surface area contributed by atoms with E-state index in [0.717, 1.165) is 18.6 Å². The van der Waals surface area contributed by atoms with Crippen molar-refractivity contribution in [3.63, 3.8) is 0 Å². The molecule has 5 unspecified atom stereocenters. The van der Waals surface area contributed by atoms with Crippen LogP contribution in [0.15, 0.2) is 24.3 Å². The Morgan fingerprint density at radius 2 is 2.12 bits per heavy atom. The van der Waals surface area contributed by atoms with E-state index in [2.05, 4.69) is 50.1 Å². The van der Waals surface area contributed by atoms with Gasteiger partial charge in [-0.1, -0.05) is 31.2 Å². The molecule has 3 nitrogen and oxygen atoms in total. The van der Waals surface area contributed by atoms with E-state index in [-0.39, 0.29) is 33.8 Å². The van der Waals surface area contributed by atoms with Gasteiger partial charge in [0, 0.05) is 39.3 Å². The second-order valence-corrected chi connectivity index (χ2v) is 10.3. The highest BCUT2D eigenvalue weighted by Gasteiger charge is 2.89. The summed E-state index contributed by atoms with van der Waals surface area (Å²) in [6.07, 6.45) is 8.37. The Morgan fingerprint density at radius 3 is 2.88 bits per heavy atom. The molecule has 2 saturated carbocycles. The largest absolute Gasteiger partial charge is 0.488 e.